The second-order valence-corrected chi connectivity index (χ2v) is 7.29. The quantitative estimate of drug-likeness (QED) is 0.431. The Hall–Kier alpha value is -4.28. The predicted octanol–water partition coefficient (Wildman–Crippen LogP) is 4.55. The van der Waals surface area contributed by atoms with Crippen LogP contribution in [0.15, 0.2) is 54.6 Å². The molecule has 0 radical (unpaired) electrons. The van der Waals surface area contributed by atoms with E-state index in [1.54, 1.807) is 31.2 Å². The number of anilines is 1. The monoisotopic (exact) mass is 469 g/mol. The van der Waals surface area contributed by atoms with Gasteiger partial charge in [-0.05, 0) is 44.2 Å². The number of carbonyl (C=O) groups is 2. The van der Waals surface area contributed by atoms with E-state index in [2.05, 4.69) is 20.4 Å². The van der Waals surface area contributed by atoms with E-state index in [1.807, 2.05) is 6.92 Å². The molecule has 0 spiro atoms. The van der Waals surface area contributed by atoms with Gasteiger partial charge in [0.2, 0.25) is 5.82 Å². The van der Waals surface area contributed by atoms with Gasteiger partial charge in [0.25, 0.3) is 11.7 Å². The van der Waals surface area contributed by atoms with Crippen molar-refractivity contribution in [2.45, 2.75) is 20.0 Å². The maximum absolute atomic E-state index is 13.7. The fraction of sp³-hybridized carbons (Fsp3) is 0.174. The summed E-state index contributed by atoms with van der Waals surface area (Å²) in [4.78, 5) is 32.4. The number of halogens is 3. The molecule has 34 heavy (non-hydrogen) atoms. The summed E-state index contributed by atoms with van der Waals surface area (Å²) < 4.78 is 46.6. The van der Waals surface area contributed by atoms with Gasteiger partial charge in [-0.3, -0.25) is 4.79 Å². The molecule has 0 atom stereocenters. The molecule has 0 bridgehead atoms. The molecule has 2 heterocycles. The molecule has 1 amide bonds. The third kappa shape index (κ3) is 4.72. The van der Waals surface area contributed by atoms with Gasteiger partial charge in [-0.2, -0.15) is 22.7 Å². The highest BCUT2D eigenvalue weighted by Gasteiger charge is 2.36. The summed E-state index contributed by atoms with van der Waals surface area (Å²) in [6.07, 6.45) is -4.76. The first-order valence-electron chi connectivity index (χ1n) is 10.2. The molecule has 2 aromatic heterocycles. The second-order valence-electron chi connectivity index (χ2n) is 7.29. The number of carbonyl (C=O) groups excluding carboxylic acids is 2. The number of aromatic nitrogens is 4. The highest BCUT2D eigenvalue weighted by Crippen LogP contribution is 2.32. The summed E-state index contributed by atoms with van der Waals surface area (Å²) in [7, 11) is 0. The number of benzene rings is 2. The van der Waals surface area contributed by atoms with Crippen LogP contribution in [0.2, 0.25) is 0 Å². The molecule has 4 rings (SSSR count). The Morgan fingerprint density at radius 3 is 2.32 bits per heavy atom. The standard InChI is InChI=1S/C23H18F3N5O3/c1-3-34-21(33)15-8-10-16(11-9-15)27-20(32)19-29-22-28-17(14-6-4-13(2)5-7-14)12-18(23(24,25)26)31(22)30-19/h4-12H,3H2,1-2H3,(H,27,32). The van der Waals surface area contributed by atoms with Crippen LogP contribution in [0.4, 0.5) is 18.9 Å². The normalized spacial score (nSPS) is 11.4. The van der Waals surface area contributed by atoms with Crippen LogP contribution in [0.1, 0.15) is 39.2 Å². The molecule has 11 heteroatoms. The molecule has 0 aliphatic carbocycles. The van der Waals surface area contributed by atoms with E-state index in [1.165, 1.54) is 24.3 Å². The predicted molar refractivity (Wildman–Crippen MR) is 116 cm³/mol. The minimum atomic E-state index is -4.76. The van der Waals surface area contributed by atoms with Crippen molar-refractivity contribution in [1.82, 2.24) is 19.6 Å². The van der Waals surface area contributed by atoms with E-state index in [9.17, 15) is 22.8 Å². The first-order valence-corrected chi connectivity index (χ1v) is 10.2. The molecule has 0 aliphatic rings. The van der Waals surface area contributed by atoms with E-state index in [0.29, 0.717) is 15.8 Å². The number of alkyl halides is 3. The smallest absolute Gasteiger partial charge is 0.433 e. The van der Waals surface area contributed by atoms with E-state index in [-0.39, 0.29) is 23.6 Å². The molecular weight excluding hydrogens is 451 g/mol. The summed E-state index contributed by atoms with van der Waals surface area (Å²) in [5.41, 5.74) is 0.925. The molecule has 0 saturated carbocycles. The molecule has 0 aliphatic heterocycles. The van der Waals surface area contributed by atoms with Crippen molar-refractivity contribution in [3.63, 3.8) is 0 Å². The van der Waals surface area contributed by atoms with Gasteiger partial charge >= 0.3 is 12.1 Å². The van der Waals surface area contributed by atoms with Crippen LogP contribution in [0.25, 0.3) is 17.0 Å². The maximum atomic E-state index is 13.7. The van der Waals surface area contributed by atoms with Gasteiger partial charge in [-0.1, -0.05) is 29.8 Å². The highest BCUT2D eigenvalue weighted by atomic mass is 19.4. The van der Waals surface area contributed by atoms with Gasteiger partial charge < -0.3 is 10.1 Å². The fourth-order valence-electron chi connectivity index (χ4n) is 3.13. The third-order valence-electron chi connectivity index (χ3n) is 4.81. The Kier molecular flexibility index (Phi) is 6.01. The van der Waals surface area contributed by atoms with Crippen LogP contribution >= 0.6 is 0 Å². The van der Waals surface area contributed by atoms with E-state index in [4.69, 9.17) is 4.74 Å². The van der Waals surface area contributed by atoms with Crippen molar-refractivity contribution in [1.29, 1.82) is 0 Å². The van der Waals surface area contributed by atoms with Crippen molar-refractivity contribution >= 4 is 23.3 Å². The number of aryl methyl sites for hydroxylation is 1. The molecule has 1 N–H and O–H groups in total. The maximum Gasteiger partial charge on any atom is 0.433 e. The van der Waals surface area contributed by atoms with Gasteiger partial charge in [0.05, 0.1) is 17.9 Å². The minimum Gasteiger partial charge on any atom is -0.462 e. The van der Waals surface area contributed by atoms with Crippen LogP contribution in [-0.4, -0.2) is 38.1 Å². The number of rotatable bonds is 5. The van der Waals surface area contributed by atoms with E-state index < -0.39 is 29.6 Å². The number of hydrogen-bond acceptors (Lipinski definition) is 6. The molecule has 0 fully saturated rings. The first-order chi connectivity index (χ1) is 16.2. The average Bonchev–Trinajstić information content (AvgIpc) is 3.23. The van der Waals surface area contributed by atoms with Crippen LogP contribution in [0.5, 0.6) is 0 Å². The lowest BCUT2D eigenvalue weighted by Crippen LogP contribution is -2.16. The molecular formula is C23H18F3N5O3. The summed E-state index contributed by atoms with van der Waals surface area (Å²) in [6, 6.07) is 13.5. The summed E-state index contributed by atoms with van der Waals surface area (Å²) in [5, 5.41) is 6.22. The molecule has 8 nitrogen and oxygen atoms in total. The number of nitrogens with one attached hydrogen (secondary N) is 1. The zero-order valence-electron chi connectivity index (χ0n) is 18.1. The molecule has 174 valence electrons. The fourth-order valence-corrected chi connectivity index (χ4v) is 3.13. The van der Waals surface area contributed by atoms with Crippen molar-refractivity contribution in [3.8, 4) is 11.3 Å². The van der Waals surface area contributed by atoms with Crippen LogP contribution in [0, 0.1) is 6.92 Å². The van der Waals surface area contributed by atoms with Crippen LogP contribution in [-0.2, 0) is 10.9 Å². The third-order valence-corrected chi connectivity index (χ3v) is 4.81. The topological polar surface area (TPSA) is 98.5 Å². The SMILES string of the molecule is CCOC(=O)c1ccc(NC(=O)c2nc3nc(-c4ccc(C)cc4)cc(C(F)(F)F)n3n2)cc1. The minimum absolute atomic E-state index is 0.0498. The van der Waals surface area contributed by atoms with Crippen LogP contribution in [0.3, 0.4) is 0 Å². The molecule has 4 aromatic rings. The number of fused-ring (bicyclic) bond motifs is 1. The Bertz CT molecular complexity index is 1360. The van der Waals surface area contributed by atoms with Gasteiger partial charge in [0.1, 0.15) is 0 Å². The Labute approximate surface area is 191 Å². The van der Waals surface area contributed by atoms with E-state index >= 15 is 0 Å². The lowest BCUT2D eigenvalue weighted by Gasteiger charge is -2.10. The number of nitrogens with zero attached hydrogens (tertiary/aromatic N) is 4. The average molecular weight is 469 g/mol. The summed E-state index contributed by atoms with van der Waals surface area (Å²) in [5.74, 6) is -2.21. The first kappa shape index (κ1) is 22.9. The van der Waals surface area contributed by atoms with Crippen molar-refractivity contribution < 1.29 is 27.5 Å². The van der Waals surface area contributed by atoms with Crippen LogP contribution < -0.4 is 5.32 Å². The van der Waals surface area contributed by atoms with Crippen molar-refractivity contribution in [2.24, 2.45) is 0 Å². The Morgan fingerprint density at radius 2 is 1.71 bits per heavy atom. The Balaban J connectivity index is 1.66. The largest absolute Gasteiger partial charge is 0.462 e. The lowest BCUT2D eigenvalue weighted by atomic mass is 10.1. The number of ether oxygens (including phenoxy) is 1. The zero-order valence-corrected chi connectivity index (χ0v) is 18.1. The number of esters is 1. The van der Waals surface area contributed by atoms with Gasteiger partial charge in [0.15, 0.2) is 5.69 Å². The second kappa shape index (κ2) is 8.93. The van der Waals surface area contributed by atoms with Gasteiger partial charge in [-0.25, -0.2) is 9.78 Å². The molecule has 0 saturated heterocycles. The highest BCUT2D eigenvalue weighted by molar-refractivity contribution is 6.02. The summed E-state index contributed by atoms with van der Waals surface area (Å²) in [6.45, 7) is 3.75. The Morgan fingerprint density at radius 1 is 1.03 bits per heavy atom. The lowest BCUT2D eigenvalue weighted by molar-refractivity contribution is -0.142. The number of hydrogen-bond donors (Lipinski definition) is 1. The van der Waals surface area contributed by atoms with Gasteiger partial charge in [0, 0.05) is 11.3 Å². The summed E-state index contributed by atoms with van der Waals surface area (Å²) >= 11 is 0. The number of amides is 1. The zero-order chi connectivity index (χ0) is 24.5. The van der Waals surface area contributed by atoms with Crippen molar-refractivity contribution in [3.05, 3.63) is 77.2 Å². The van der Waals surface area contributed by atoms with Gasteiger partial charge in [-0.15, -0.1) is 5.10 Å². The van der Waals surface area contributed by atoms with E-state index in [0.717, 1.165) is 11.6 Å². The molecule has 2 aromatic carbocycles. The van der Waals surface area contributed by atoms with Crippen molar-refractivity contribution in [2.75, 3.05) is 11.9 Å². The molecule has 0 unspecified atom stereocenters.